The maximum atomic E-state index is 8.85. The quantitative estimate of drug-likeness (QED) is 0.536. The van der Waals surface area contributed by atoms with Gasteiger partial charge < -0.3 is 9.84 Å². The first-order valence-corrected chi connectivity index (χ1v) is 4.03. The molecule has 0 aliphatic carbocycles. The first-order chi connectivity index (χ1) is 4.33. The number of hydrogen-bond donors (Lipinski definition) is 2. The zero-order valence-electron chi connectivity index (χ0n) is 5.33. The number of thioether (sulfide) groups is 1. The Morgan fingerprint density at radius 3 is 2.78 bits per heavy atom. The van der Waals surface area contributed by atoms with E-state index in [0.717, 1.165) is 11.5 Å². The van der Waals surface area contributed by atoms with Crippen LogP contribution in [0, 0.1) is 0 Å². The van der Waals surface area contributed by atoms with Gasteiger partial charge in [-0.05, 0) is 0 Å². The van der Waals surface area contributed by atoms with E-state index in [1.165, 1.54) is 7.11 Å². The molecule has 3 nitrogen and oxygen atoms in total. The molecule has 0 saturated carbocycles. The molecule has 0 spiro atoms. The van der Waals surface area contributed by atoms with Crippen LogP contribution in [-0.4, -0.2) is 36.2 Å². The fourth-order valence-corrected chi connectivity index (χ4v) is 1.27. The number of nitrogens with one attached hydrogen (secondary N) is 1. The molecular formula is C5H11NO2S. The molecule has 1 saturated heterocycles. The Bertz CT molecular complexity index is 84.3. The van der Waals surface area contributed by atoms with Crippen LogP contribution in [0.3, 0.4) is 0 Å². The summed E-state index contributed by atoms with van der Waals surface area (Å²) in [5.41, 5.74) is 0. The van der Waals surface area contributed by atoms with Gasteiger partial charge in [-0.1, -0.05) is 0 Å². The number of aliphatic hydroxyl groups excluding tert-OH is 1. The fraction of sp³-hybridized carbons (Fsp3) is 1.00. The van der Waals surface area contributed by atoms with Crippen molar-refractivity contribution < 1.29 is 9.84 Å². The van der Waals surface area contributed by atoms with E-state index in [-0.39, 0.29) is 0 Å². The average Bonchev–Trinajstić information content (AvgIpc) is 1.78. The zero-order chi connectivity index (χ0) is 6.69. The van der Waals surface area contributed by atoms with Crippen LogP contribution in [0.4, 0.5) is 0 Å². The maximum Gasteiger partial charge on any atom is 0.213 e. The standard InChI is InChI=1S/C5H11NO2S/c1-8-5(7)6-4-2-9-3-4/h4-7H,2-3H2,1H3. The lowest BCUT2D eigenvalue weighted by Crippen LogP contribution is -2.46. The second-order valence-corrected chi connectivity index (χ2v) is 3.06. The van der Waals surface area contributed by atoms with Gasteiger partial charge in [-0.15, -0.1) is 0 Å². The van der Waals surface area contributed by atoms with Crippen molar-refractivity contribution in [3.63, 3.8) is 0 Å². The van der Waals surface area contributed by atoms with Crippen LogP contribution in [-0.2, 0) is 4.74 Å². The molecule has 1 aliphatic rings. The van der Waals surface area contributed by atoms with Crippen molar-refractivity contribution >= 4 is 11.8 Å². The summed E-state index contributed by atoms with van der Waals surface area (Å²) in [6.45, 7) is 0. The third-order valence-corrected chi connectivity index (χ3v) is 2.52. The van der Waals surface area contributed by atoms with E-state index in [2.05, 4.69) is 10.1 Å². The van der Waals surface area contributed by atoms with E-state index >= 15 is 0 Å². The molecule has 54 valence electrons. The summed E-state index contributed by atoms with van der Waals surface area (Å²) in [7, 11) is 1.48. The molecule has 0 aromatic heterocycles. The Morgan fingerprint density at radius 2 is 2.44 bits per heavy atom. The Hall–Kier alpha value is 0.230. The van der Waals surface area contributed by atoms with Gasteiger partial charge in [0.15, 0.2) is 0 Å². The van der Waals surface area contributed by atoms with Crippen LogP contribution in [0.15, 0.2) is 0 Å². The molecule has 0 amide bonds. The highest BCUT2D eigenvalue weighted by Gasteiger charge is 2.19. The third kappa shape index (κ3) is 2.14. The Kier molecular flexibility index (Phi) is 2.78. The summed E-state index contributed by atoms with van der Waals surface area (Å²) in [6, 6.07) is 0.449. The maximum absolute atomic E-state index is 8.85. The predicted octanol–water partition coefficient (Wildman–Crippen LogP) is -0.386. The SMILES string of the molecule is COC(O)NC1CSC1. The molecule has 1 aliphatic heterocycles. The van der Waals surface area contributed by atoms with E-state index in [1.807, 2.05) is 11.8 Å². The second-order valence-electron chi connectivity index (χ2n) is 1.99. The summed E-state index contributed by atoms with van der Waals surface area (Å²) in [4.78, 5) is 0. The first kappa shape index (κ1) is 7.34. The van der Waals surface area contributed by atoms with Gasteiger partial charge in [0, 0.05) is 24.7 Å². The van der Waals surface area contributed by atoms with Gasteiger partial charge in [0.25, 0.3) is 0 Å². The molecule has 1 rings (SSSR count). The molecule has 4 heteroatoms. The van der Waals surface area contributed by atoms with Gasteiger partial charge in [0.2, 0.25) is 6.41 Å². The highest BCUT2D eigenvalue weighted by molar-refractivity contribution is 8.00. The summed E-state index contributed by atoms with van der Waals surface area (Å²) in [5, 5.41) is 11.7. The van der Waals surface area contributed by atoms with Crippen LogP contribution in [0.25, 0.3) is 0 Å². The van der Waals surface area contributed by atoms with Crippen LogP contribution in [0.2, 0.25) is 0 Å². The normalized spacial score (nSPS) is 23.3. The lowest BCUT2D eigenvalue weighted by molar-refractivity contribution is -0.101. The first-order valence-electron chi connectivity index (χ1n) is 2.87. The number of methoxy groups -OCH3 is 1. The highest BCUT2D eigenvalue weighted by atomic mass is 32.2. The monoisotopic (exact) mass is 149 g/mol. The van der Waals surface area contributed by atoms with Gasteiger partial charge in [-0.2, -0.15) is 11.8 Å². The molecule has 0 bridgehead atoms. The molecular weight excluding hydrogens is 138 g/mol. The van der Waals surface area contributed by atoms with Gasteiger partial charge in [-0.3, -0.25) is 5.32 Å². The number of aliphatic hydroxyl groups is 1. The van der Waals surface area contributed by atoms with Gasteiger partial charge in [0.1, 0.15) is 0 Å². The van der Waals surface area contributed by atoms with E-state index in [0.29, 0.717) is 6.04 Å². The van der Waals surface area contributed by atoms with Crippen molar-refractivity contribution in [1.29, 1.82) is 0 Å². The number of ether oxygens (including phenoxy) is 1. The molecule has 1 fully saturated rings. The average molecular weight is 149 g/mol. The van der Waals surface area contributed by atoms with Crippen LogP contribution < -0.4 is 5.32 Å². The smallest absolute Gasteiger partial charge is 0.213 e. The molecule has 9 heavy (non-hydrogen) atoms. The van der Waals surface area contributed by atoms with Crippen molar-refractivity contribution in [3.05, 3.63) is 0 Å². The minimum Gasteiger partial charge on any atom is -0.356 e. The van der Waals surface area contributed by atoms with Crippen LogP contribution in [0.5, 0.6) is 0 Å². The van der Waals surface area contributed by atoms with Gasteiger partial charge >= 0.3 is 0 Å². The fourth-order valence-electron chi connectivity index (χ4n) is 0.602. The third-order valence-electron chi connectivity index (χ3n) is 1.24. The topological polar surface area (TPSA) is 41.5 Å². The van der Waals surface area contributed by atoms with E-state index in [1.54, 1.807) is 0 Å². The van der Waals surface area contributed by atoms with E-state index in [4.69, 9.17) is 5.11 Å². The lowest BCUT2D eigenvalue weighted by atomic mass is 10.4. The number of rotatable bonds is 3. The summed E-state index contributed by atoms with van der Waals surface area (Å²) in [6.07, 6.45) is -0.782. The van der Waals surface area contributed by atoms with E-state index < -0.39 is 6.41 Å². The van der Waals surface area contributed by atoms with E-state index in [9.17, 15) is 0 Å². The second kappa shape index (κ2) is 3.41. The van der Waals surface area contributed by atoms with Crippen molar-refractivity contribution in [2.75, 3.05) is 18.6 Å². The van der Waals surface area contributed by atoms with Crippen molar-refractivity contribution in [2.24, 2.45) is 0 Å². The lowest BCUT2D eigenvalue weighted by Gasteiger charge is -2.27. The van der Waals surface area contributed by atoms with Crippen LogP contribution in [0.1, 0.15) is 0 Å². The molecule has 0 aromatic rings. The summed E-state index contributed by atoms with van der Waals surface area (Å²) >= 11 is 1.87. The Balaban J connectivity index is 2.01. The molecule has 0 radical (unpaired) electrons. The minimum atomic E-state index is -0.782. The minimum absolute atomic E-state index is 0.449. The zero-order valence-corrected chi connectivity index (χ0v) is 6.15. The summed E-state index contributed by atoms with van der Waals surface area (Å²) in [5.74, 6) is 2.17. The molecule has 1 atom stereocenters. The summed E-state index contributed by atoms with van der Waals surface area (Å²) < 4.78 is 4.59. The Labute approximate surface area is 58.8 Å². The number of hydrogen-bond acceptors (Lipinski definition) is 4. The van der Waals surface area contributed by atoms with Gasteiger partial charge in [0.05, 0.1) is 0 Å². The van der Waals surface area contributed by atoms with Crippen molar-refractivity contribution in [2.45, 2.75) is 12.5 Å². The van der Waals surface area contributed by atoms with Crippen molar-refractivity contribution in [1.82, 2.24) is 5.32 Å². The highest BCUT2D eigenvalue weighted by Crippen LogP contribution is 2.17. The molecule has 2 N–H and O–H groups in total. The largest absolute Gasteiger partial charge is 0.356 e. The molecule has 1 unspecified atom stereocenters. The Morgan fingerprint density at radius 1 is 1.78 bits per heavy atom. The van der Waals surface area contributed by atoms with Crippen molar-refractivity contribution in [3.8, 4) is 0 Å². The van der Waals surface area contributed by atoms with Crippen LogP contribution >= 0.6 is 11.8 Å². The molecule has 1 heterocycles. The van der Waals surface area contributed by atoms with Gasteiger partial charge in [-0.25, -0.2) is 0 Å². The molecule has 0 aromatic carbocycles. The predicted molar refractivity (Wildman–Crippen MR) is 37.3 cm³/mol.